The summed E-state index contributed by atoms with van der Waals surface area (Å²) < 4.78 is 0. The maximum atomic E-state index is 12.2. The van der Waals surface area contributed by atoms with Crippen LogP contribution in [0.15, 0.2) is 5.16 Å². The second-order valence-electron chi connectivity index (χ2n) is 4.63. The minimum atomic E-state index is 0.0772. The van der Waals surface area contributed by atoms with Crippen LogP contribution < -0.4 is 5.73 Å². The van der Waals surface area contributed by atoms with Gasteiger partial charge in [0.2, 0.25) is 5.91 Å². The average Bonchev–Trinajstić information content (AvgIpc) is 2.77. The zero-order valence-electron chi connectivity index (χ0n) is 10.0. The van der Waals surface area contributed by atoms with Gasteiger partial charge in [-0.25, -0.2) is 0 Å². The highest BCUT2D eigenvalue weighted by Crippen LogP contribution is 2.27. The van der Waals surface area contributed by atoms with Gasteiger partial charge in [0.15, 0.2) is 5.84 Å². The van der Waals surface area contributed by atoms with Crippen molar-refractivity contribution in [3.05, 3.63) is 0 Å². The van der Waals surface area contributed by atoms with E-state index in [0.29, 0.717) is 0 Å². The molecule has 0 aromatic rings. The lowest BCUT2D eigenvalue weighted by molar-refractivity contribution is -0.136. The van der Waals surface area contributed by atoms with Crippen molar-refractivity contribution in [1.82, 2.24) is 4.90 Å². The van der Waals surface area contributed by atoms with Crippen molar-refractivity contribution < 1.29 is 10.0 Å². The number of oxime groups is 1. The maximum absolute atomic E-state index is 12.2. The van der Waals surface area contributed by atoms with E-state index in [2.05, 4.69) is 5.16 Å². The van der Waals surface area contributed by atoms with Crippen LogP contribution >= 0.6 is 0 Å². The fraction of sp³-hybridized carbons (Fsp3) is 0.818. The lowest BCUT2D eigenvalue weighted by atomic mass is 10.1. The third-order valence-electron chi connectivity index (χ3n) is 3.07. The van der Waals surface area contributed by atoms with Crippen molar-refractivity contribution in [2.24, 2.45) is 16.8 Å². The van der Waals surface area contributed by atoms with Gasteiger partial charge in [-0.05, 0) is 26.7 Å². The van der Waals surface area contributed by atoms with E-state index >= 15 is 0 Å². The molecule has 0 spiro atoms. The zero-order valence-corrected chi connectivity index (χ0v) is 10.0. The number of amidine groups is 1. The molecule has 0 radical (unpaired) electrons. The third-order valence-corrected chi connectivity index (χ3v) is 3.07. The van der Waals surface area contributed by atoms with Crippen LogP contribution in [0.25, 0.3) is 0 Å². The van der Waals surface area contributed by atoms with Crippen LogP contribution in [-0.2, 0) is 4.79 Å². The number of nitrogens with zero attached hydrogens (tertiary/aromatic N) is 2. The molecule has 0 bridgehead atoms. The quantitative estimate of drug-likeness (QED) is 0.327. The number of hydrogen-bond donors (Lipinski definition) is 2. The van der Waals surface area contributed by atoms with Gasteiger partial charge in [0.25, 0.3) is 0 Å². The largest absolute Gasteiger partial charge is 0.409 e. The molecule has 5 heteroatoms. The van der Waals surface area contributed by atoms with Crippen LogP contribution in [0.2, 0.25) is 0 Å². The summed E-state index contributed by atoms with van der Waals surface area (Å²) >= 11 is 0. The van der Waals surface area contributed by atoms with Gasteiger partial charge in [0, 0.05) is 12.0 Å². The number of rotatable bonds is 4. The van der Waals surface area contributed by atoms with E-state index in [1.807, 2.05) is 13.8 Å². The first-order chi connectivity index (χ1) is 7.56. The van der Waals surface area contributed by atoms with Crippen molar-refractivity contribution in [3.8, 4) is 0 Å². The van der Waals surface area contributed by atoms with Gasteiger partial charge in [0.1, 0.15) is 0 Å². The lowest BCUT2D eigenvalue weighted by Crippen LogP contribution is -2.45. The highest BCUT2D eigenvalue weighted by atomic mass is 16.4. The molecule has 1 fully saturated rings. The molecule has 0 aliphatic heterocycles. The monoisotopic (exact) mass is 227 g/mol. The smallest absolute Gasteiger partial charge is 0.226 e. The molecular formula is C11H21N3O2. The zero-order chi connectivity index (χ0) is 12.1. The number of amides is 1. The van der Waals surface area contributed by atoms with Crippen molar-refractivity contribution in [1.29, 1.82) is 0 Å². The Morgan fingerprint density at radius 1 is 1.50 bits per heavy atom. The van der Waals surface area contributed by atoms with Gasteiger partial charge in [-0.3, -0.25) is 4.79 Å². The molecule has 3 N–H and O–H groups in total. The molecule has 0 aromatic carbocycles. The van der Waals surface area contributed by atoms with E-state index in [9.17, 15) is 4.79 Å². The third kappa shape index (κ3) is 3.12. The van der Waals surface area contributed by atoms with E-state index in [1.165, 1.54) is 0 Å². The van der Waals surface area contributed by atoms with E-state index < -0.39 is 0 Å². The SMILES string of the molecule is CC(C)N(CC(N)=NO)C(=O)C1CCCC1. The summed E-state index contributed by atoms with van der Waals surface area (Å²) in [6.45, 7) is 4.10. The maximum Gasteiger partial charge on any atom is 0.226 e. The van der Waals surface area contributed by atoms with Crippen LogP contribution in [0.4, 0.5) is 0 Å². The van der Waals surface area contributed by atoms with E-state index in [4.69, 9.17) is 10.9 Å². The summed E-state index contributed by atoms with van der Waals surface area (Å²) in [7, 11) is 0. The Hall–Kier alpha value is -1.26. The highest BCUT2D eigenvalue weighted by molar-refractivity contribution is 5.88. The second-order valence-corrected chi connectivity index (χ2v) is 4.63. The minimum Gasteiger partial charge on any atom is -0.409 e. The molecule has 0 unspecified atom stereocenters. The van der Waals surface area contributed by atoms with Crippen LogP contribution in [-0.4, -0.2) is 34.4 Å². The Balaban J connectivity index is 2.65. The molecule has 1 saturated carbocycles. The van der Waals surface area contributed by atoms with Crippen molar-refractivity contribution >= 4 is 11.7 Å². The summed E-state index contributed by atoms with van der Waals surface area (Å²) in [5, 5.41) is 11.5. The van der Waals surface area contributed by atoms with Gasteiger partial charge >= 0.3 is 0 Å². The van der Waals surface area contributed by atoms with Crippen LogP contribution in [0.3, 0.4) is 0 Å². The molecule has 1 amide bonds. The Bertz CT molecular complexity index is 270. The first-order valence-electron chi connectivity index (χ1n) is 5.83. The van der Waals surface area contributed by atoms with Crippen molar-refractivity contribution in [2.45, 2.75) is 45.6 Å². The van der Waals surface area contributed by atoms with E-state index in [0.717, 1.165) is 25.7 Å². The molecule has 1 rings (SSSR count). The van der Waals surface area contributed by atoms with Gasteiger partial charge < -0.3 is 15.8 Å². The summed E-state index contributed by atoms with van der Waals surface area (Å²) in [5.74, 6) is 0.355. The predicted molar refractivity (Wildman–Crippen MR) is 62.2 cm³/mol. The van der Waals surface area contributed by atoms with E-state index in [-0.39, 0.29) is 30.2 Å². The molecule has 0 aromatic heterocycles. The Morgan fingerprint density at radius 2 is 2.06 bits per heavy atom. The molecule has 1 aliphatic rings. The topological polar surface area (TPSA) is 78.9 Å². The number of nitrogens with two attached hydrogens (primary N) is 1. The average molecular weight is 227 g/mol. The first-order valence-corrected chi connectivity index (χ1v) is 5.83. The molecule has 0 atom stereocenters. The van der Waals surface area contributed by atoms with Gasteiger partial charge in [-0.15, -0.1) is 0 Å². The second kappa shape index (κ2) is 5.72. The summed E-state index contributed by atoms with van der Waals surface area (Å²) in [5.41, 5.74) is 5.45. The minimum absolute atomic E-state index is 0.0772. The summed E-state index contributed by atoms with van der Waals surface area (Å²) in [6.07, 6.45) is 4.20. The highest BCUT2D eigenvalue weighted by Gasteiger charge is 2.28. The summed E-state index contributed by atoms with van der Waals surface area (Å²) in [4.78, 5) is 13.9. The normalized spacial score (nSPS) is 18.1. The van der Waals surface area contributed by atoms with Crippen LogP contribution in [0, 0.1) is 5.92 Å². The molecule has 5 nitrogen and oxygen atoms in total. The lowest BCUT2D eigenvalue weighted by Gasteiger charge is -2.28. The van der Waals surface area contributed by atoms with Gasteiger partial charge in [0.05, 0.1) is 6.54 Å². The Morgan fingerprint density at radius 3 is 2.50 bits per heavy atom. The molecule has 0 saturated heterocycles. The fourth-order valence-electron chi connectivity index (χ4n) is 2.13. The first kappa shape index (κ1) is 12.8. The van der Waals surface area contributed by atoms with Gasteiger partial charge in [-0.2, -0.15) is 0 Å². The standard InChI is InChI=1S/C11H21N3O2/c1-8(2)14(7-10(12)13-16)11(15)9-5-3-4-6-9/h8-9,16H,3-7H2,1-2H3,(H2,12,13). The number of carbonyl (C=O) groups is 1. The molecular weight excluding hydrogens is 206 g/mol. The molecule has 16 heavy (non-hydrogen) atoms. The van der Waals surface area contributed by atoms with Crippen molar-refractivity contribution in [2.75, 3.05) is 6.54 Å². The Kier molecular flexibility index (Phi) is 4.58. The summed E-state index contributed by atoms with van der Waals surface area (Å²) in [6, 6.07) is 0.0772. The van der Waals surface area contributed by atoms with Gasteiger partial charge in [-0.1, -0.05) is 18.0 Å². The molecule has 0 heterocycles. The van der Waals surface area contributed by atoms with Crippen molar-refractivity contribution in [3.63, 3.8) is 0 Å². The predicted octanol–water partition coefficient (Wildman–Crippen LogP) is 1.16. The van der Waals surface area contributed by atoms with Crippen LogP contribution in [0.1, 0.15) is 39.5 Å². The number of carbonyl (C=O) groups excluding carboxylic acids is 1. The van der Waals surface area contributed by atoms with Crippen LogP contribution in [0.5, 0.6) is 0 Å². The fourth-order valence-corrected chi connectivity index (χ4v) is 2.13. The molecule has 1 aliphatic carbocycles. The van der Waals surface area contributed by atoms with E-state index in [1.54, 1.807) is 4.90 Å². The number of hydrogen-bond acceptors (Lipinski definition) is 3. The Labute approximate surface area is 96.3 Å². The molecule has 92 valence electrons.